The second-order valence-electron chi connectivity index (χ2n) is 5.87. The standard InChI is InChI=1S/C16H20N4O3/c1-17-9-14(21)18-10-6-7-20-13(8-10)15(22)19-12-5-3-2-4-11(12)16(20)23/h2-5,10,13,17H,6-9H2,1H3,(H,18,21)(H,19,22). The monoisotopic (exact) mass is 316 g/mol. The van der Waals surface area contributed by atoms with E-state index in [1.807, 2.05) is 0 Å². The van der Waals surface area contributed by atoms with Crippen molar-refractivity contribution < 1.29 is 14.4 Å². The van der Waals surface area contributed by atoms with Crippen molar-refractivity contribution in [3.05, 3.63) is 29.8 Å². The van der Waals surface area contributed by atoms with Crippen molar-refractivity contribution >= 4 is 23.4 Å². The molecule has 0 aliphatic carbocycles. The molecule has 2 unspecified atom stereocenters. The zero-order chi connectivity index (χ0) is 16.4. The van der Waals surface area contributed by atoms with Gasteiger partial charge in [0.05, 0.1) is 17.8 Å². The van der Waals surface area contributed by atoms with Gasteiger partial charge in [-0.15, -0.1) is 0 Å². The lowest BCUT2D eigenvalue weighted by atomic mass is 9.96. The topological polar surface area (TPSA) is 90.5 Å². The van der Waals surface area contributed by atoms with Gasteiger partial charge in [0.25, 0.3) is 5.91 Å². The predicted octanol–water partition coefficient (Wildman–Crippen LogP) is -0.0525. The van der Waals surface area contributed by atoms with Gasteiger partial charge in [0.1, 0.15) is 6.04 Å². The number of likely N-dealkylation sites (N-methyl/N-ethyl adjacent to an activating group) is 1. The van der Waals surface area contributed by atoms with Crippen LogP contribution >= 0.6 is 0 Å². The number of piperidine rings is 1. The number of amides is 3. The molecule has 1 fully saturated rings. The fourth-order valence-electron chi connectivity index (χ4n) is 3.18. The van der Waals surface area contributed by atoms with Gasteiger partial charge in [0.15, 0.2) is 0 Å². The maximum Gasteiger partial charge on any atom is 0.256 e. The molecular formula is C16H20N4O3. The van der Waals surface area contributed by atoms with Gasteiger partial charge in [-0.05, 0) is 32.0 Å². The summed E-state index contributed by atoms with van der Waals surface area (Å²) >= 11 is 0. The van der Waals surface area contributed by atoms with Crippen molar-refractivity contribution in [3.63, 3.8) is 0 Å². The zero-order valence-corrected chi connectivity index (χ0v) is 13.0. The van der Waals surface area contributed by atoms with Crippen LogP contribution in [0.25, 0.3) is 0 Å². The Hall–Kier alpha value is -2.41. The largest absolute Gasteiger partial charge is 0.352 e. The minimum Gasteiger partial charge on any atom is -0.352 e. The number of fused-ring (bicyclic) bond motifs is 2. The highest BCUT2D eigenvalue weighted by molar-refractivity contribution is 6.09. The molecule has 0 spiro atoms. The number of anilines is 1. The molecule has 3 N–H and O–H groups in total. The van der Waals surface area contributed by atoms with Crippen molar-refractivity contribution in [2.45, 2.75) is 24.9 Å². The molecule has 3 rings (SSSR count). The van der Waals surface area contributed by atoms with Crippen LogP contribution in [0, 0.1) is 0 Å². The van der Waals surface area contributed by atoms with E-state index in [1.165, 1.54) is 0 Å². The molecule has 1 saturated heterocycles. The van der Waals surface area contributed by atoms with Crippen molar-refractivity contribution in [2.24, 2.45) is 0 Å². The summed E-state index contributed by atoms with van der Waals surface area (Å²) in [7, 11) is 1.71. The average Bonchev–Trinajstić information content (AvgIpc) is 2.64. The molecule has 7 nitrogen and oxygen atoms in total. The Morgan fingerprint density at radius 3 is 2.91 bits per heavy atom. The van der Waals surface area contributed by atoms with Gasteiger partial charge in [-0.3, -0.25) is 14.4 Å². The first-order chi connectivity index (χ1) is 11.1. The molecular weight excluding hydrogens is 296 g/mol. The van der Waals surface area contributed by atoms with Crippen LogP contribution < -0.4 is 16.0 Å². The lowest BCUT2D eigenvalue weighted by Gasteiger charge is -2.37. The first-order valence-corrected chi connectivity index (χ1v) is 7.75. The fraction of sp³-hybridized carbons (Fsp3) is 0.438. The summed E-state index contributed by atoms with van der Waals surface area (Å²) < 4.78 is 0. The number of benzene rings is 1. The van der Waals surface area contributed by atoms with E-state index < -0.39 is 6.04 Å². The summed E-state index contributed by atoms with van der Waals surface area (Å²) in [4.78, 5) is 38.5. The third-order valence-electron chi connectivity index (χ3n) is 4.28. The minimum absolute atomic E-state index is 0.100. The SMILES string of the molecule is CNCC(=O)NC1CCN2C(=O)c3ccccc3NC(=O)C2C1. The van der Waals surface area contributed by atoms with Gasteiger partial charge >= 0.3 is 0 Å². The summed E-state index contributed by atoms with van der Waals surface area (Å²) in [6, 6.07) is 6.38. The molecule has 7 heteroatoms. The third-order valence-corrected chi connectivity index (χ3v) is 4.28. The summed E-state index contributed by atoms with van der Waals surface area (Å²) in [5.41, 5.74) is 1.06. The summed E-state index contributed by atoms with van der Waals surface area (Å²) in [6.07, 6.45) is 1.08. The van der Waals surface area contributed by atoms with Crippen molar-refractivity contribution in [1.29, 1.82) is 0 Å². The molecule has 0 radical (unpaired) electrons. The van der Waals surface area contributed by atoms with E-state index in [0.29, 0.717) is 30.6 Å². The second kappa shape index (κ2) is 6.37. The summed E-state index contributed by atoms with van der Waals surface area (Å²) in [5, 5.41) is 8.53. The number of carbonyl (C=O) groups is 3. The van der Waals surface area contributed by atoms with Crippen LogP contribution in [0.4, 0.5) is 5.69 Å². The van der Waals surface area contributed by atoms with Crippen LogP contribution in [0.5, 0.6) is 0 Å². The Kier molecular flexibility index (Phi) is 4.29. The molecule has 3 amide bonds. The smallest absolute Gasteiger partial charge is 0.256 e. The molecule has 1 aromatic carbocycles. The molecule has 0 saturated carbocycles. The minimum atomic E-state index is -0.552. The van der Waals surface area contributed by atoms with E-state index in [1.54, 1.807) is 36.2 Å². The predicted molar refractivity (Wildman–Crippen MR) is 85.0 cm³/mol. The fourth-order valence-corrected chi connectivity index (χ4v) is 3.18. The lowest BCUT2D eigenvalue weighted by Crippen LogP contribution is -2.55. The Balaban J connectivity index is 1.78. The molecule has 23 heavy (non-hydrogen) atoms. The van der Waals surface area contributed by atoms with Gasteiger partial charge < -0.3 is 20.9 Å². The molecule has 0 aromatic heterocycles. The van der Waals surface area contributed by atoms with Gasteiger partial charge in [0, 0.05) is 12.6 Å². The van der Waals surface area contributed by atoms with Crippen LogP contribution in [0.1, 0.15) is 23.2 Å². The first-order valence-electron chi connectivity index (χ1n) is 7.75. The Morgan fingerprint density at radius 1 is 1.35 bits per heavy atom. The Bertz CT molecular complexity index is 646. The van der Waals surface area contributed by atoms with E-state index >= 15 is 0 Å². The zero-order valence-electron chi connectivity index (χ0n) is 13.0. The normalized spacial score (nSPS) is 23.4. The van der Waals surface area contributed by atoms with Crippen LogP contribution in [-0.2, 0) is 9.59 Å². The second-order valence-corrected chi connectivity index (χ2v) is 5.87. The molecule has 2 heterocycles. The molecule has 1 aromatic rings. The van der Waals surface area contributed by atoms with Crippen molar-refractivity contribution in [2.75, 3.05) is 25.5 Å². The molecule has 2 aliphatic heterocycles. The van der Waals surface area contributed by atoms with Crippen molar-refractivity contribution in [3.8, 4) is 0 Å². The molecule has 122 valence electrons. The number of nitrogens with one attached hydrogen (secondary N) is 3. The summed E-state index contributed by atoms with van der Waals surface area (Å²) in [5.74, 6) is -0.436. The number of hydrogen-bond acceptors (Lipinski definition) is 4. The average molecular weight is 316 g/mol. The maximum absolute atomic E-state index is 12.7. The highest BCUT2D eigenvalue weighted by atomic mass is 16.2. The maximum atomic E-state index is 12.7. The van der Waals surface area contributed by atoms with Gasteiger partial charge in [0.2, 0.25) is 11.8 Å². The van der Waals surface area contributed by atoms with E-state index in [2.05, 4.69) is 16.0 Å². The quantitative estimate of drug-likeness (QED) is 0.729. The molecule has 2 aliphatic rings. The van der Waals surface area contributed by atoms with Crippen LogP contribution in [0.2, 0.25) is 0 Å². The summed E-state index contributed by atoms with van der Waals surface area (Å²) in [6.45, 7) is 0.692. The van der Waals surface area contributed by atoms with Crippen LogP contribution in [0.3, 0.4) is 0 Å². The number of para-hydroxylation sites is 1. The Labute approximate surface area is 134 Å². The van der Waals surface area contributed by atoms with Gasteiger partial charge in [-0.1, -0.05) is 12.1 Å². The highest BCUT2D eigenvalue weighted by Crippen LogP contribution is 2.28. The van der Waals surface area contributed by atoms with Crippen LogP contribution in [-0.4, -0.2) is 54.8 Å². The van der Waals surface area contributed by atoms with Gasteiger partial charge in [-0.25, -0.2) is 0 Å². The Morgan fingerprint density at radius 2 is 2.13 bits per heavy atom. The van der Waals surface area contributed by atoms with E-state index in [-0.39, 0.29) is 30.3 Å². The number of hydrogen-bond donors (Lipinski definition) is 3. The number of carbonyl (C=O) groups excluding carboxylic acids is 3. The third kappa shape index (κ3) is 3.05. The lowest BCUT2D eigenvalue weighted by molar-refractivity contribution is -0.124. The molecule has 0 bridgehead atoms. The van der Waals surface area contributed by atoms with E-state index in [0.717, 1.165) is 0 Å². The first kappa shape index (κ1) is 15.5. The highest BCUT2D eigenvalue weighted by Gasteiger charge is 2.39. The van der Waals surface area contributed by atoms with E-state index in [4.69, 9.17) is 0 Å². The van der Waals surface area contributed by atoms with Crippen LogP contribution in [0.15, 0.2) is 24.3 Å². The number of nitrogens with zero attached hydrogens (tertiary/aromatic N) is 1. The molecule has 2 atom stereocenters. The van der Waals surface area contributed by atoms with Crippen molar-refractivity contribution in [1.82, 2.24) is 15.5 Å². The van der Waals surface area contributed by atoms with Gasteiger partial charge in [-0.2, -0.15) is 0 Å². The van der Waals surface area contributed by atoms with E-state index in [9.17, 15) is 14.4 Å². The number of rotatable bonds is 3.